The van der Waals surface area contributed by atoms with Gasteiger partial charge in [-0.25, -0.2) is 5.43 Å². The minimum atomic E-state index is -0.302. The minimum Gasteiger partial charge on any atom is -0.497 e. The van der Waals surface area contributed by atoms with Gasteiger partial charge in [-0.2, -0.15) is 5.10 Å². The van der Waals surface area contributed by atoms with Crippen molar-refractivity contribution in [2.24, 2.45) is 5.10 Å². The van der Waals surface area contributed by atoms with Crippen LogP contribution < -0.4 is 19.6 Å². The zero-order valence-corrected chi connectivity index (χ0v) is 15.7. The highest BCUT2D eigenvalue weighted by Crippen LogP contribution is 2.32. The first kappa shape index (κ1) is 18.1. The van der Waals surface area contributed by atoms with Crippen LogP contribution in [-0.4, -0.2) is 33.5 Å². The van der Waals surface area contributed by atoms with Crippen molar-refractivity contribution >= 4 is 34.7 Å². The molecule has 0 aromatic heterocycles. The molecule has 0 aliphatic heterocycles. The van der Waals surface area contributed by atoms with Crippen molar-refractivity contribution in [1.82, 2.24) is 5.43 Å². The molecule has 0 aliphatic rings. The molecule has 24 heavy (non-hydrogen) atoms. The van der Waals surface area contributed by atoms with E-state index in [-0.39, 0.29) is 5.91 Å². The molecule has 0 radical (unpaired) electrons. The van der Waals surface area contributed by atoms with Crippen LogP contribution in [0.15, 0.2) is 41.5 Å². The molecule has 0 unspecified atom stereocenters. The van der Waals surface area contributed by atoms with Crippen LogP contribution in [0.25, 0.3) is 0 Å². The summed E-state index contributed by atoms with van der Waals surface area (Å²) in [5.41, 5.74) is 3.77. The highest BCUT2D eigenvalue weighted by atomic mass is 127. The number of hydrogen-bond donors (Lipinski definition) is 1. The Labute approximate surface area is 153 Å². The van der Waals surface area contributed by atoms with Gasteiger partial charge < -0.3 is 14.2 Å². The van der Waals surface area contributed by atoms with Crippen molar-refractivity contribution in [3.05, 3.63) is 51.1 Å². The summed E-state index contributed by atoms with van der Waals surface area (Å²) in [5.74, 6) is 1.66. The number of amides is 1. The molecule has 2 aromatic rings. The first-order valence-corrected chi connectivity index (χ1v) is 8.06. The van der Waals surface area contributed by atoms with E-state index in [9.17, 15) is 4.79 Å². The van der Waals surface area contributed by atoms with E-state index in [1.807, 2.05) is 6.07 Å². The Morgan fingerprint density at radius 2 is 1.79 bits per heavy atom. The molecule has 1 amide bonds. The molecule has 0 aliphatic carbocycles. The van der Waals surface area contributed by atoms with Crippen LogP contribution in [0.5, 0.6) is 17.2 Å². The molecule has 0 saturated carbocycles. The molecule has 0 bridgehead atoms. The summed E-state index contributed by atoms with van der Waals surface area (Å²) in [6, 6.07) is 10.4. The third kappa shape index (κ3) is 4.38. The average Bonchev–Trinajstić information content (AvgIpc) is 2.61. The number of ether oxygens (including phenoxy) is 3. The molecule has 2 aromatic carbocycles. The fourth-order valence-electron chi connectivity index (χ4n) is 1.98. The van der Waals surface area contributed by atoms with E-state index in [0.717, 1.165) is 9.13 Å². The molecule has 0 fully saturated rings. The predicted octanol–water partition coefficient (Wildman–Crippen LogP) is 3.08. The number of nitrogens with zero attached hydrogens (tertiary/aromatic N) is 1. The molecular weight excluding hydrogens is 423 g/mol. The Hall–Kier alpha value is -2.29. The Kier molecular flexibility index (Phi) is 6.42. The number of methoxy groups -OCH3 is 3. The Morgan fingerprint density at radius 3 is 2.38 bits per heavy atom. The molecular formula is C17H17IN2O4. The second kappa shape index (κ2) is 8.53. The summed E-state index contributed by atoms with van der Waals surface area (Å²) in [6.07, 6.45) is 1.55. The number of carbonyl (C=O) groups is 1. The molecule has 2 rings (SSSR count). The summed E-state index contributed by atoms with van der Waals surface area (Å²) in [6.45, 7) is 0. The zero-order valence-electron chi connectivity index (χ0n) is 13.5. The lowest BCUT2D eigenvalue weighted by Crippen LogP contribution is -2.17. The second-order valence-electron chi connectivity index (χ2n) is 4.67. The van der Waals surface area contributed by atoms with E-state index in [0.29, 0.717) is 22.8 Å². The topological polar surface area (TPSA) is 69.2 Å². The van der Waals surface area contributed by atoms with E-state index in [1.165, 1.54) is 0 Å². The fraction of sp³-hybridized carbons (Fsp3) is 0.176. The number of carbonyl (C=O) groups excluding carboxylic acids is 1. The highest BCUT2D eigenvalue weighted by Gasteiger charge is 2.09. The van der Waals surface area contributed by atoms with Gasteiger partial charge in [0.25, 0.3) is 5.91 Å². The Bertz CT molecular complexity index is 745. The van der Waals surface area contributed by atoms with E-state index in [1.54, 1.807) is 57.9 Å². The molecule has 1 N–H and O–H groups in total. The van der Waals surface area contributed by atoms with E-state index in [4.69, 9.17) is 14.2 Å². The van der Waals surface area contributed by atoms with Gasteiger partial charge in [0, 0.05) is 5.56 Å². The standard InChI is InChI=1S/C17H17IN2O4/c1-22-13-6-4-12(5-7-13)17(21)20-19-10-11-8-14(18)16(24-3)15(9-11)23-2/h4-10H,1-3H3,(H,20,21)/b19-10-. The van der Waals surface area contributed by atoms with Crippen LogP contribution in [0.1, 0.15) is 15.9 Å². The van der Waals surface area contributed by atoms with Gasteiger partial charge in [0.2, 0.25) is 0 Å². The molecule has 6 nitrogen and oxygen atoms in total. The first-order valence-electron chi connectivity index (χ1n) is 6.98. The van der Waals surface area contributed by atoms with Crippen molar-refractivity contribution in [3.63, 3.8) is 0 Å². The summed E-state index contributed by atoms with van der Waals surface area (Å²) in [7, 11) is 4.73. The van der Waals surface area contributed by atoms with Gasteiger partial charge in [-0.3, -0.25) is 4.79 Å². The van der Waals surface area contributed by atoms with Gasteiger partial charge in [0.15, 0.2) is 11.5 Å². The lowest BCUT2D eigenvalue weighted by Gasteiger charge is -2.10. The summed E-state index contributed by atoms with van der Waals surface area (Å²) < 4.78 is 16.5. The Morgan fingerprint density at radius 1 is 1.08 bits per heavy atom. The zero-order chi connectivity index (χ0) is 17.5. The van der Waals surface area contributed by atoms with Crippen molar-refractivity contribution in [2.75, 3.05) is 21.3 Å². The number of hydrogen-bond acceptors (Lipinski definition) is 5. The van der Waals surface area contributed by atoms with E-state index in [2.05, 4.69) is 33.1 Å². The van der Waals surface area contributed by atoms with E-state index < -0.39 is 0 Å². The van der Waals surface area contributed by atoms with Gasteiger partial charge in [-0.1, -0.05) is 0 Å². The Balaban J connectivity index is 2.08. The van der Waals surface area contributed by atoms with Gasteiger partial charge in [0.1, 0.15) is 5.75 Å². The predicted molar refractivity (Wildman–Crippen MR) is 100 cm³/mol. The fourth-order valence-corrected chi connectivity index (χ4v) is 2.83. The van der Waals surface area contributed by atoms with Crippen LogP contribution >= 0.6 is 22.6 Å². The van der Waals surface area contributed by atoms with Crippen molar-refractivity contribution < 1.29 is 19.0 Å². The van der Waals surface area contributed by atoms with Crippen LogP contribution in [0.3, 0.4) is 0 Å². The second-order valence-corrected chi connectivity index (χ2v) is 5.83. The molecule has 126 valence electrons. The SMILES string of the molecule is COc1ccc(C(=O)N/N=C\c2cc(I)c(OC)c(OC)c2)cc1. The van der Waals surface area contributed by atoms with Crippen LogP contribution in [-0.2, 0) is 0 Å². The number of hydrazone groups is 1. The summed E-state index contributed by atoms with van der Waals surface area (Å²) in [5, 5.41) is 3.98. The number of nitrogens with one attached hydrogen (secondary N) is 1. The van der Waals surface area contributed by atoms with Crippen LogP contribution in [0.4, 0.5) is 0 Å². The third-order valence-corrected chi connectivity index (χ3v) is 3.99. The van der Waals surface area contributed by atoms with Crippen molar-refractivity contribution in [2.45, 2.75) is 0 Å². The van der Waals surface area contributed by atoms with Crippen molar-refractivity contribution in [1.29, 1.82) is 0 Å². The third-order valence-electron chi connectivity index (χ3n) is 3.19. The maximum atomic E-state index is 12.0. The van der Waals surface area contributed by atoms with Gasteiger partial charge in [0.05, 0.1) is 31.1 Å². The average molecular weight is 440 g/mol. The number of halogens is 1. The summed E-state index contributed by atoms with van der Waals surface area (Å²) >= 11 is 2.15. The minimum absolute atomic E-state index is 0.302. The number of benzene rings is 2. The summed E-state index contributed by atoms with van der Waals surface area (Å²) in [4.78, 5) is 12.0. The first-order chi connectivity index (χ1) is 11.6. The van der Waals surface area contributed by atoms with Gasteiger partial charge in [-0.15, -0.1) is 0 Å². The quantitative estimate of drug-likeness (QED) is 0.426. The maximum Gasteiger partial charge on any atom is 0.271 e. The van der Waals surface area contributed by atoms with Gasteiger partial charge >= 0.3 is 0 Å². The highest BCUT2D eigenvalue weighted by molar-refractivity contribution is 14.1. The largest absolute Gasteiger partial charge is 0.497 e. The van der Waals surface area contributed by atoms with Crippen LogP contribution in [0.2, 0.25) is 0 Å². The monoisotopic (exact) mass is 440 g/mol. The lowest BCUT2D eigenvalue weighted by atomic mass is 10.2. The maximum absolute atomic E-state index is 12.0. The van der Waals surface area contributed by atoms with E-state index >= 15 is 0 Å². The smallest absolute Gasteiger partial charge is 0.271 e. The molecule has 0 spiro atoms. The van der Waals surface area contributed by atoms with Crippen LogP contribution in [0, 0.1) is 3.57 Å². The molecule has 7 heteroatoms. The van der Waals surface area contributed by atoms with Gasteiger partial charge in [-0.05, 0) is 64.6 Å². The number of rotatable bonds is 6. The molecule has 0 heterocycles. The van der Waals surface area contributed by atoms with Crippen molar-refractivity contribution in [3.8, 4) is 17.2 Å². The molecule has 0 atom stereocenters. The lowest BCUT2D eigenvalue weighted by molar-refractivity contribution is 0.0955. The molecule has 0 saturated heterocycles. The normalized spacial score (nSPS) is 10.5.